The molecule has 2 aromatic carbocycles. The Kier molecular flexibility index (Phi) is 6.40. The molecule has 0 unspecified atom stereocenters. The van der Waals surface area contributed by atoms with E-state index in [9.17, 15) is 13.2 Å². The number of rotatable bonds is 8. The van der Waals surface area contributed by atoms with Crippen molar-refractivity contribution in [1.82, 2.24) is 24.8 Å². The molecule has 0 aliphatic heterocycles. The second-order valence-electron chi connectivity index (χ2n) is 6.68. The van der Waals surface area contributed by atoms with Gasteiger partial charge in [-0.1, -0.05) is 29.8 Å². The van der Waals surface area contributed by atoms with Crippen molar-refractivity contribution in [2.24, 2.45) is 0 Å². The molecule has 9 heteroatoms. The molecule has 0 fully saturated rings. The van der Waals surface area contributed by atoms with Crippen LogP contribution in [0.2, 0.25) is 0 Å². The van der Waals surface area contributed by atoms with Gasteiger partial charge in [0.2, 0.25) is 15.9 Å². The van der Waals surface area contributed by atoms with Crippen LogP contribution in [0.25, 0.3) is 5.69 Å². The highest BCUT2D eigenvalue weighted by atomic mass is 32.2. The van der Waals surface area contributed by atoms with E-state index >= 15 is 0 Å². The van der Waals surface area contributed by atoms with Crippen LogP contribution in [0.5, 0.6) is 0 Å². The van der Waals surface area contributed by atoms with Gasteiger partial charge in [0.15, 0.2) is 0 Å². The summed E-state index contributed by atoms with van der Waals surface area (Å²) >= 11 is 0. The van der Waals surface area contributed by atoms with E-state index in [-0.39, 0.29) is 29.8 Å². The van der Waals surface area contributed by atoms with E-state index in [0.29, 0.717) is 0 Å². The van der Waals surface area contributed by atoms with Gasteiger partial charge in [-0.25, -0.2) is 22.8 Å². The first-order chi connectivity index (χ1) is 13.8. The number of sulfonamides is 1. The highest BCUT2D eigenvalue weighted by Gasteiger charge is 2.15. The molecule has 3 rings (SSSR count). The summed E-state index contributed by atoms with van der Waals surface area (Å²) in [4.78, 5) is 16.3. The summed E-state index contributed by atoms with van der Waals surface area (Å²) in [6.07, 6.45) is 3.12. The fourth-order valence-corrected chi connectivity index (χ4v) is 3.79. The average molecular weight is 414 g/mol. The molecule has 3 aromatic rings. The van der Waals surface area contributed by atoms with Gasteiger partial charge in [0.25, 0.3) is 0 Å². The maximum absolute atomic E-state index is 12.2. The predicted octanol–water partition coefficient (Wildman–Crippen LogP) is 2.12. The van der Waals surface area contributed by atoms with E-state index in [4.69, 9.17) is 0 Å². The third-order valence-corrected chi connectivity index (χ3v) is 5.91. The quantitative estimate of drug-likeness (QED) is 0.588. The lowest BCUT2D eigenvalue weighted by Gasteiger charge is -2.15. The van der Waals surface area contributed by atoms with Gasteiger partial charge >= 0.3 is 0 Å². The van der Waals surface area contributed by atoms with E-state index in [1.165, 1.54) is 6.33 Å². The SMILES string of the molecule is Cc1ccc(S(=O)(=O)NCCC(=O)N[C@H](C)c2ccc(-n3cncn3)cc2)cc1. The lowest BCUT2D eigenvalue weighted by atomic mass is 10.1. The van der Waals surface area contributed by atoms with E-state index in [0.717, 1.165) is 16.8 Å². The standard InChI is InChI=1S/C20H23N5O3S/c1-15-3-9-19(10-4-15)29(27,28)23-12-11-20(26)24-16(2)17-5-7-18(8-6-17)25-14-21-13-22-25/h3-10,13-14,16,23H,11-12H2,1-2H3,(H,24,26)/t16-/m1/s1. The van der Waals surface area contributed by atoms with Gasteiger partial charge in [-0.3, -0.25) is 4.79 Å². The van der Waals surface area contributed by atoms with Crippen molar-refractivity contribution in [3.8, 4) is 5.69 Å². The molecule has 0 bridgehead atoms. The van der Waals surface area contributed by atoms with Crippen molar-refractivity contribution in [3.63, 3.8) is 0 Å². The van der Waals surface area contributed by atoms with Crippen LogP contribution in [-0.4, -0.2) is 35.6 Å². The Hall–Kier alpha value is -3.04. The van der Waals surface area contributed by atoms with Crippen LogP contribution in [0.15, 0.2) is 66.1 Å². The number of nitrogens with zero attached hydrogens (tertiary/aromatic N) is 3. The minimum Gasteiger partial charge on any atom is -0.350 e. The van der Waals surface area contributed by atoms with Crippen molar-refractivity contribution in [3.05, 3.63) is 72.3 Å². The molecule has 1 amide bonds. The topological polar surface area (TPSA) is 106 Å². The Morgan fingerprint density at radius 2 is 1.79 bits per heavy atom. The number of benzene rings is 2. The van der Waals surface area contributed by atoms with Crippen LogP contribution in [-0.2, 0) is 14.8 Å². The number of aromatic nitrogens is 3. The normalized spacial score (nSPS) is 12.5. The molecular weight excluding hydrogens is 390 g/mol. The summed E-state index contributed by atoms with van der Waals surface area (Å²) in [5.74, 6) is -0.232. The summed E-state index contributed by atoms with van der Waals surface area (Å²) < 4.78 is 28.6. The number of aryl methyl sites for hydroxylation is 1. The van der Waals surface area contributed by atoms with Crippen LogP contribution in [0, 0.1) is 6.92 Å². The maximum Gasteiger partial charge on any atom is 0.240 e. The second kappa shape index (κ2) is 8.97. The molecule has 0 aliphatic rings. The predicted molar refractivity (Wildman–Crippen MR) is 109 cm³/mol. The summed E-state index contributed by atoms with van der Waals surface area (Å²) in [5.41, 5.74) is 2.78. The molecular formula is C20H23N5O3S. The van der Waals surface area contributed by atoms with Crippen molar-refractivity contribution >= 4 is 15.9 Å². The number of hydrogen-bond acceptors (Lipinski definition) is 5. The number of hydrogen-bond donors (Lipinski definition) is 2. The summed E-state index contributed by atoms with van der Waals surface area (Å²) in [6, 6.07) is 13.9. The van der Waals surface area contributed by atoms with Crippen LogP contribution in [0.3, 0.4) is 0 Å². The van der Waals surface area contributed by atoms with Crippen molar-refractivity contribution in [1.29, 1.82) is 0 Å². The largest absolute Gasteiger partial charge is 0.350 e. The molecule has 0 radical (unpaired) electrons. The number of carbonyl (C=O) groups excluding carboxylic acids is 1. The fraction of sp³-hybridized carbons (Fsp3) is 0.250. The van der Waals surface area contributed by atoms with Gasteiger partial charge in [-0.15, -0.1) is 0 Å². The summed E-state index contributed by atoms with van der Waals surface area (Å²) in [5, 5.41) is 6.94. The first-order valence-electron chi connectivity index (χ1n) is 9.16. The molecule has 1 aromatic heterocycles. The van der Waals surface area contributed by atoms with E-state index in [1.807, 2.05) is 38.1 Å². The first-order valence-corrected chi connectivity index (χ1v) is 10.6. The molecule has 0 saturated carbocycles. The van der Waals surface area contributed by atoms with Crippen LogP contribution in [0.4, 0.5) is 0 Å². The van der Waals surface area contributed by atoms with Gasteiger partial charge in [0.05, 0.1) is 16.6 Å². The first kappa shape index (κ1) is 20.7. The zero-order chi connectivity index (χ0) is 20.9. The van der Waals surface area contributed by atoms with Crippen molar-refractivity contribution in [2.75, 3.05) is 6.54 Å². The van der Waals surface area contributed by atoms with Gasteiger partial charge < -0.3 is 5.32 Å². The molecule has 1 atom stereocenters. The van der Waals surface area contributed by atoms with Crippen molar-refractivity contribution in [2.45, 2.75) is 31.2 Å². The second-order valence-corrected chi connectivity index (χ2v) is 8.45. The Morgan fingerprint density at radius 1 is 1.10 bits per heavy atom. The van der Waals surface area contributed by atoms with Crippen LogP contribution >= 0.6 is 0 Å². The smallest absolute Gasteiger partial charge is 0.240 e. The van der Waals surface area contributed by atoms with Crippen LogP contribution < -0.4 is 10.0 Å². The molecule has 0 aliphatic carbocycles. The van der Waals surface area contributed by atoms with Crippen molar-refractivity contribution < 1.29 is 13.2 Å². The summed E-state index contributed by atoms with van der Waals surface area (Å²) in [7, 11) is -3.62. The highest BCUT2D eigenvalue weighted by Crippen LogP contribution is 2.15. The van der Waals surface area contributed by atoms with Gasteiger partial charge in [0.1, 0.15) is 12.7 Å². The minimum atomic E-state index is -3.62. The monoisotopic (exact) mass is 413 g/mol. The molecule has 152 valence electrons. The van der Waals surface area contributed by atoms with Gasteiger partial charge in [-0.05, 0) is 43.7 Å². The molecule has 0 saturated heterocycles. The molecule has 1 heterocycles. The fourth-order valence-electron chi connectivity index (χ4n) is 2.75. The van der Waals surface area contributed by atoms with E-state index < -0.39 is 10.0 Å². The van der Waals surface area contributed by atoms with Gasteiger partial charge in [-0.2, -0.15) is 5.10 Å². The maximum atomic E-state index is 12.2. The van der Waals surface area contributed by atoms with E-state index in [1.54, 1.807) is 35.3 Å². The molecule has 8 nitrogen and oxygen atoms in total. The number of carbonyl (C=O) groups is 1. The Labute approximate surface area is 170 Å². The third kappa shape index (κ3) is 5.49. The molecule has 2 N–H and O–H groups in total. The minimum absolute atomic E-state index is 0.0278. The number of amides is 1. The van der Waals surface area contributed by atoms with Crippen LogP contribution in [0.1, 0.15) is 30.5 Å². The number of nitrogens with one attached hydrogen (secondary N) is 2. The third-order valence-electron chi connectivity index (χ3n) is 4.43. The molecule has 29 heavy (non-hydrogen) atoms. The lowest BCUT2D eigenvalue weighted by Crippen LogP contribution is -2.32. The van der Waals surface area contributed by atoms with Gasteiger partial charge in [0, 0.05) is 13.0 Å². The Morgan fingerprint density at radius 3 is 2.41 bits per heavy atom. The zero-order valence-electron chi connectivity index (χ0n) is 16.2. The zero-order valence-corrected chi connectivity index (χ0v) is 17.1. The average Bonchev–Trinajstić information content (AvgIpc) is 3.23. The van der Waals surface area contributed by atoms with E-state index in [2.05, 4.69) is 20.1 Å². The molecule has 0 spiro atoms. The Bertz CT molecular complexity index is 1050. The summed E-state index contributed by atoms with van der Waals surface area (Å²) in [6.45, 7) is 3.79. The highest BCUT2D eigenvalue weighted by molar-refractivity contribution is 7.89. The Balaban J connectivity index is 1.49. The lowest BCUT2D eigenvalue weighted by molar-refractivity contribution is -0.121.